The van der Waals surface area contributed by atoms with E-state index in [2.05, 4.69) is 11.8 Å². The van der Waals surface area contributed by atoms with Crippen molar-refractivity contribution in [2.24, 2.45) is 5.41 Å². The number of carbonyl (C=O) groups is 1. The van der Waals surface area contributed by atoms with E-state index in [0.717, 1.165) is 17.2 Å². The molecule has 0 bridgehead atoms. The molecule has 4 nitrogen and oxygen atoms in total. The van der Waals surface area contributed by atoms with Crippen LogP contribution >= 0.6 is 0 Å². The number of hydrogen-bond acceptors (Lipinski definition) is 3. The zero-order valence-corrected chi connectivity index (χ0v) is 17.8. The molecule has 154 valence electrons. The molecule has 1 aromatic carbocycles. The van der Waals surface area contributed by atoms with E-state index in [4.69, 9.17) is 9.84 Å². The second-order valence-electron chi connectivity index (χ2n) is 8.28. The van der Waals surface area contributed by atoms with Crippen LogP contribution in [0.5, 0.6) is 0 Å². The molecule has 1 aliphatic carbocycles. The second-order valence-corrected chi connectivity index (χ2v) is 8.28. The summed E-state index contributed by atoms with van der Waals surface area (Å²) >= 11 is 0. The van der Waals surface area contributed by atoms with Gasteiger partial charge in [-0.25, -0.2) is 4.79 Å². The first-order valence-corrected chi connectivity index (χ1v) is 9.72. The number of allylic oxidation sites excluding steroid dienone is 2. The Morgan fingerprint density at radius 3 is 2.52 bits per heavy atom. The topological polar surface area (TPSA) is 66.8 Å². The molecule has 29 heavy (non-hydrogen) atoms. The predicted molar refractivity (Wildman–Crippen MR) is 115 cm³/mol. The van der Waals surface area contributed by atoms with Crippen LogP contribution in [0.3, 0.4) is 0 Å². The molecule has 0 aromatic heterocycles. The minimum Gasteiger partial charge on any atom is -0.478 e. The number of benzene rings is 1. The third-order valence-electron chi connectivity index (χ3n) is 5.37. The van der Waals surface area contributed by atoms with Gasteiger partial charge >= 0.3 is 5.97 Å². The molecule has 0 aliphatic heterocycles. The van der Waals surface area contributed by atoms with E-state index < -0.39 is 17.0 Å². The average molecular weight is 395 g/mol. The van der Waals surface area contributed by atoms with Crippen molar-refractivity contribution >= 4 is 5.97 Å². The fraction of sp³-hybridized carbons (Fsp3) is 0.400. The van der Waals surface area contributed by atoms with E-state index in [1.54, 1.807) is 19.1 Å². The van der Waals surface area contributed by atoms with E-state index in [1.165, 1.54) is 5.56 Å². The van der Waals surface area contributed by atoms with Gasteiger partial charge in [-0.05, 0) is 56.5 Å². The van der Waals surface area contributed by atoms with Crippen molar-refractivity contribution in [1.29, 1.82) is 0 Å². The monoisotopic (exact) mass is 394 g/mol. The largest absolute Gasteiger partial charge is 0.478 e. The smallest absolute Gasteiger partial charge is 0.328 e. The first-order chi connectivity index (χ1) is 13.5. The Morgan fingerprint density at radius 2 is 1.93 bits per heavy atom. The molecule has 4 heteroatoms. The molecule has 0 fully saturated rings. The molecular formula is C25H30O4. The van der Waals surface area contributed by atoms with Crippen molar-refractivity contribution in [3.63, 3.8) is 0 Å². The highest BCUT2D eigenvalue weighted by Crippen LogP contribution is 2.46. The summed E-state index contributed by atoms with van der Waals surface area (Å²) in [5.74, 6) is 5.14. The zero-order valence-electron chi connectivity index (χ0n) is 17.8. The van der Waals surface area contributed by atoms with Gasteiger partial charge < -0.3 is 14.9 Å². The standard InChI is InChI=1S/C25H30O4/c1-18-8-10-21(11-9-18)7-6-14-29-22-16-20(3)25(28,24(4,5)17-22)13-12-19(2)15-23(26)27/h8-13,15-16,22,28H,14,17H2,1-5H3,(H,26,27)/b13-12+,19-15-/t22-,25+/m0/s1. The number of ether oxygens (including phenoxy) is 1. The maximum atomic E-state index is 11.3. The quantitative estimate of drug-likeness (QED) is 0.336. The Labute approximate surface area is 173 Å². The van der Waals surface area contributed by atoms with Gasteiger partial charge in [-0.2, -0.15) is 0 Å². The summed E-state index contributed by atoms with van der Waals surface area (Å²) in [6.07, 6.45) is 6.87. The lowest BCUT2D eigenvalue weighted by Gasteiger charge is -2.46. The molecule has 0 amide bonds. The molecule has 0 saturated heterocycles. The summed E-state index contributed by atoms with van der Waals surface area (Å²) in [4.78, 5) is 10.8. The molecule has 2 rings (SSSR count). The van der Waals surface area contributed by atoms with Gasteiger partial charge in [0.05, 0.1) is 6.10 Å². The maximum absolute atomic E-state index is 11.3. The Bertz CT molecular complexity index is 891. The highest BCUT2D eigenvalue weighted by atomic mass is 16.5. The van der Waals surface area contributed by atoms with Crippen LogP contribution in [-0.2, 0) is 9.53 Å². The highest BCUT2D eigenvalue weighted by Gasteiger charge is 2.47. The molecule has 0 saturated carbocycles. The highest BCUT2D eigenvalue weighted by molar-refractivity contribution is 5.81. The Kier molecular flexibility index (Phi) is 7.24. The average Bonchev–Trinajstić information content (AvgIpc) is 2.62. The molecule has 2 atom stereocenters. The molecule has 0 unspecified atom stereocenters. The maximum Gasteiger partial charge on any atom is 0.328 e. The summed E-state index contributed by atoms with van der Waals surface area (Å²) in [6, 6.07) is 8.04. The van der Waals surface area contributed by atoms with E-state index in [0.29, 0.717) is 18.6 Å². The summed E-state index contributed by atoms with van der Waals surface area (Å²) in [6.45, 7) is 9.89. The van der Waals surface area contributed by atoms with Crippen LogP contribution in [0.15, 0.2) is 59.7 Å². The fourth-order valence-corrected chi connectivity index (χ4v) is 3.54. The molecule has 0 radical (unpaired) electrons. The number of aliphatic carboxylic acids is 1. The van der Waals surface area contributed by atoms with Crippen molar-refractivity contribution < 1.29 is 19.7 Å². The SMILES string of the molecule is CC1=C[C@H](OCC#Cc2ccc(C)cc2)CC(C)(C)[C@@]1(O)/C=C/C(C)=C\C(=O)O. The second kappa shape index (κ2) is 9.26. The lowest BCUT2D eigenvalue weighted by molar-refractivity contribution is -0.131. The minimum absolute atomic E-state index is 0.137. The molecule has 0 heterocycles. The van der Waals surface area contributed by atoms with Crippen LogP contribution in [0.1, 0.15) is 45.2 Å². The zero-order chi connectivity index (χ0) is 21.7. The van der Waals surface area contributed by atoms with Gasteiger partial charge in [-0.3, -0.25) is 0 Å². The van der Waals surface area contributed by atoms with Crippen molar-refractivity contribution in [2.75, 3.05) is 6.61 Å². The number of hydrogen-bond donors (Lipinski definition) is 2. The van der Waals surface area contributed by atoms with Gasteiger partial charge in [0.1, 0.15) is 12.2 Å². The van der Waals surface area contributed by atoms with Crippen LogP contribution in [0, 0.1) is 24.2 Å². The Balaban J connectivity index is 2.09. The van der Waals surface area contributed by atoms with Gasteiger partial charge in [0.2, 0.25) is 0 Å². The van der Waals surface area contributed by atoms with E-state index >= 15 is 0 Å². The number of carboxylic acid groups (broad SMARTS) is 1. The van der Waals surface area contributed by atoms with Gasteiger partial charge in [0, 0.05) is 17.1 Å². The first-order valence-electron chi connectivity index (χ1n) is 9.72. The molecule has 1 aliphatic rings. The van der Waals surface area contributed by atoms with E-state index in [1.807, 2.05) is 58.0 Å². The number of aryl methyl sites for hydroxylation is 1. The van der Waals surface area contributed by atoms with Crippen molar-refractivity contribution in [2.45, 2.75) is 52.7 Å². The van der Waals surface area contributed by atoms with Crippen molar-refractivity contribution in [3.8, 4) is 11.8 Å². The third kappa shape index (κ3) is 5.93. The third-order valence-corrected chi connectivity index (χ3v) is 5.37. The predicted octanol–water partition coefficient (Wildman–Crippen LogP) is 4.43. The van der Waals surface area contributed by atoms with Crippen molar-refractivity contribution in [3.05, 3.63) is 70.8 Å². The van der Waals surface area contributed by atoms with E-state index in [9.17, 15) is 9.90 Å². The number of carboxylic acids is 1. The Morgan fingerprint density at radius 1 is 1.28 bits per heavy atom. The molecule has 1 aromatic rings. The molecule has 0 spiro atoms. The summed E-state index contributed by atoms with van der Waals surface area (Å²) in [5, 5.41) is 20.1. The lowest BCUT2D eigenvalue weighted by atomic mass is 9.64. The normalized spacial score (nSPS) is 24.0. The summed E-state index contributed by atoms with van der Waals surface area (Å²) in [5.41, 5.74) is 1.85. The van der Waals surface area contributed by atoms with Gasteiger partial charge in [-0.1, -0.05) is 55.5 Å². The van der Waals surface area contributed by atoms with Crippen LogP contribution in [0.2, 0.25) is 0 Å². The van der Waals surface area contributed by atoms with Gasteiger partial charge in [0.25, 0.3) is 0 Å². The summed E-state index contributed by atoms with van der Waals surface area (Å²) in [7, 11) is 0. The van der Waals surface area contributed by atoms with E-state index in [-0.39, 0.29) is 6.10 Å². The van der Waals surface area contributed by atoms with Crippen LogP contribution in [0.4, 0.5) is 0 Å². The number of rotatable bonds is 5. The Hall–Kier alpha value is -2.61. The van der Waals surface area contributed by atoms with Crippen molar-refractivity contribution in [1.82, 2.24) is 0 Å². The van der Waals surface area contributed by atoms with Crippen LogP contribution in [0.25, 0.3) is 0 Å². The molecule has 2 N–H and O–H groups in total. The van der Waals surface area contributed by atoms with Gasteiger partial charge in [0.15, 0.2) is 0 Å². The fourth-order valence-electron chi connectivity index (χ4n) is 3.54. The minimum atomic E-state index is -1.17. The van der Waals surface area contributed by atoms with Gasteiger partial charge in [-0.15, -0.1) is 0 Å². The van der Waals surface area contributed by atoms with Crippen LogP contribution in [-0.4, -0.2) is 34.5 Å². The molecular weight excluding hydrogens is 364 g/mol. The number of aliphatic hydroxyl groups is 1. The van der Waals surface area contributed by atoms with Crippen LogP contribution < -0.4 is 0 Å². The summed E-state index contributed by atoms with van der Waals surface area (Å²) < 4.78 is 5.93. The first kappa shape index (κ1) is 22.7. The lowest BCUT2D eigenvalue weighted by Crippen LogP contribution is -2.49.